The Morgan fingerprint density at radius 1 is 1.18 bits per heavy atom. The monoisotopic (exact) mass is 379 g/mol. The number of amides is 1. The third-order valence-corrected chi connectivity index (χ3v) is 6.80. The average molecular weight is 380 g/mol. The molecule has 0 unspecified atom stereocenters. The number of likely N-dealkylation sites (tertiary alicyclic amines) is 1. The second kappa shape index (κ2) is 6.94. The first-order chi connectivity index (χ1) is 13.7. The molecule has 1 saturated carbocycles. The zero-order chi connectivity index (χ0) is 19.1. The molecular formula is C23H29N3O2. The van der Waals surface area contributed by atoms with Crippen molar-refractivity contribution in [3.8, 4) is 5.75 Å². The molecule has 0 bridgehead atoms. The lowest BCUT2D eigenvalue weighted by atomic mass is 9.73. The van der Waals surface area contributed by atoms with E-state index in [1.54, 1.807) is 7.11 Å². The first-order valence-corrected chi connectivity index (χ1v) is 10.6. The lowest BCUT2D eigenvalue weighted by Crippen LogP contribution is -2.54. The van der Waals surface area contributed by atoms with Crippen LogP contribution in [-0.2, 0) is 4.79 Å². The van der Waals surface area contributed by atoms with E-state index >= 15 is 0 Å². The standard InChI is InChI=1S/C23H29N3O2/c1-28-19-5-2-4-18-8-9-20(24-22(18)19)25-13-3-11-23(15-25)12-10-21(27)26(16-23)14-17-6-7-17/h2,4-5,8-9,17H,3,6-7,10-16H2,1H3/t23-/m1/s1. The molecule has 2 saturated heterocycles. The second-order valence-electron chi connectivity index (χ2n) is 8.94. The Labute approximate surface area is 166 Å². The van der Waals surface area contributed by atoms with Crippen LogP contribution in [0.3, 0.4) is 0 Å². The van der Waals surface area contributed by atoms with Gasteiger partial charge in [0.1, 0.15) is 17.1 Å². The summed E-state index contributed by atoms with van der Waals surface area (Å²) in [6.45, 7) is 3.93. The van der Waals surface area contributed by atoms with Crippen molar-refractivity contribution >= 4 is 22.6 Å². The number of ether oxygens (including phenoxy) is 1. The van der Waals surface area contributed by atoms with E-state index in [2.05, 4.69) is 28.0 Å². The second-order valence-corrected chi connectivity index (χ2v) is 8.94. The van der Waals surface area contributed by atoms with Gasteiger partial charge < -0.3 is 14.5 Å². The summed E-state index contributed by atoms with van der Waals surface area (Å²) in [6.07, 6.45) is 6.70. The van der Waals surface area contributed by atoms with Crippen LogP contribution in [-0.4, -0.2) is 49.1 Å². The van der Waals surface area contributed by atoms with Crippen LogP contribution in [0.15, 0.2) is 30.3 Å². The van der Waals surface area contributed by atoms with Gasteiger partial charge in [-0.1, -0.05) is 12.1 Å². The molecule has 1 amide bonds. The van der Waals surface area contributed by atoms with E-state index in [1.165, 1.54) is 19.3 Å². The number of anilines is 1. The molecule has 1 atom stereocenters. The van der Waals surface area contributed by atoms with Crippen LogP contribution in [0.25, 0.3) is 10.9 Å². The van der Waals surface area contributed by atoms with Gasteiger partial charge in [0.2, 0.25) is 5.91 Å². The zero-order valence-corrected chi connectivity index (χ0v) is 16.7. The number of benzene rings is 1. The number of pyridine rings is 1. The van der Waals surface area contributed by atoms with Crippen molar-refractivity contribution < 1.29 is 9.53 Å². The third kappa shape index (κ3) is 3.31. The van der Waals surface area contributed by atoms with Crippen LogP contribution in [0.1, 0.15) is 38.5 Å². The molecular weight excluding hydrogens is 350 g/mol. The van der Waals surface area contributed by atoms with Crippen molar-refractivity contribution in [3.05, 3.63) is 30.3 Å². The SMILES string of the molecule is COc1cccc2ccc(N3CCC[C@@]4(CCC(=O)N(CC5CC5)C4)C3)nc12. The Morgan fingerprint density at radius 2 is 2.07 bits per heavy atom. The summed E-state index contributed by atoms with van der Waals surface area (Å²) in [4.78, 5) is 22.0. The molecule has 5 heteroatoms. The number of rotatable bonds is 4. The molecule has 0 N–H and O–H groups in total. The minimum atomic E-state index is 0.221. The molecule has 3 fully saturated rings. The minimum absolute atomic E-state index is 0.221. The van der Waals surface area contributed by atoms with Crippen molar-refractivity contribution in [3.63, 3.8) is 0 Å². The van der Waals surface area contributed by atoms with Crippen molar-refractivity contribution in [1.29, 1.82) is 0 Å². The summed E-state index contributed by atoms with van der Waals surface area (Å²) in [5, 5.41) is 1.11. The number of carbonyl (C=O) groups excluding carboxylic acids is 1. The Bertz CT molecular complexity index is 895. The Hall–Kier alpha value is -2.30. The topological polar surface area (TPSA) is 45.7 Å². The van der Waals surface area contributed by atoms with Crippen molar-refractivity contribution in [2.45, 2.75) is 38.5 Å². The van der Waals surface area contributed by atoms with Crippen LogP contribution in [0.2, 0.25) is 0 Å². The molecule has 2 aromatic rings. The maximum absolute atomic E-state index is 12.4. The molecule has 3 aliphatic rings. The fraction of sp³-hybridized carbons (Fsp3) is 0.565. The first-order valence-electron chi connectivity index (χ1n) is 10.6. The highest BCUT2D eigenvalue weighted by Gasteiger charge is 2.43. The lowest BCUT2D eigenvalue weighted by Gasteiger charge is -2.48. The summed E-state index contributed by atoms with van der Waals surface area (Å²) in [5.74, 6) is 2.98. The van der Waals surface area contributed by atoms with Gasteiger partial charge in [-0.3, -0.25) is 4.79 Å². The van der Waals surface area contributed by atoms with Crippen molar-refractivity contribution in [1.82, 2.24) is 9.88 Å². The zero-order valence-electron chi connectivity index (χ0n) is 16.7. The normalized spacial score (nSPS) is 25.5. The molecule has 1 aromatic carbocycles. The van der Waals surface area contributed by atoms with E-state index in [0.717, 1.165) is 67.4 Å². The molecule has 28 heavy (non-hydrogen) atoms. The summed E-state index contributed by atoms with van der Waals surface area (Å²) in [5.41, 5.74) is 1.15. The Kier molecular flexibility index (Phi) is 4.41. The molecule has 1 aliphatic carbocycles. The number of methoxy groups -OCH3 is 1. The van der Waals surface area contributed by atoms with E-state index < -0.39 is 0 Å². The fourth-order valence-corrected chi connectivity index (χ4v) is 5.07. The average Bonchev–Trinajstić information content (AvgIpc) is 3.54. The van der Waals surface area contributed by atoms with Crippen molar-refractivity contribution in [2.75, 3.05) is 38.2 Å². The largest absolute Gasteiger partial charge is 0.494 e. The molecule has 2 aliphatic heterocycles. The fourth-order valence-electron chi connectivity index (χ4n) is 5.07. The number of nitrogens with zero attached hydrogens (tertiary/aromatic N) is 3. The van der Waals surface area contributed by atoms with Crippen LogP contribution in [0.5, 0.6) is 5.75 Å². The number of aromatic nitrogens is 1. The van der Waals surface area contributed by atoms with Crippen LogP contribution in [0.4, 0.5) is 5.82 Å². The van der Waals surface area contributed by atoms with Crippen LogP contribution in [0, 0.1) is 11.3 Å². The highest BCUT2D eigenvalue weighted by atomic mass is 16.5. The number of para-hydroxylation sites is 1. The first kappa shape index (κ1) is 17.8. The quantitative estimate of drug-likeness (QED) is 0.809. The lowest BCUT2D eigenvalue weighted by molar-refractivity contribution is -0.138. The van der Waals surface area contributed by atoms with E-state index in [-0.39, 0.29) is 5.41 Å². The predicted molar refractivity (Wildman–Crippen MR) is 111 cm³/mol. The van der Waals surface area contributed by atoms with Gasteiger partial charge in [-0.2, -0.15) is 0 Å². The molecule has 0 radical (unpaired) electrons. The minimum Gasteiger partial charge on any atom is -0.494 e. The molecule has 1 aromatic heterocycles. The molecule has 5 rings (SSSR count). The van der Waals surface area contributed by atoms with E-state index in [4.69, 9.17) is 9.72 Å². The summed E-state index contributed by atoms with van der Waals surface area (Å²) < 4.78 is 5.52. The maximum Gasteiger partial charge on any atom is 0.222 e. The van der Waals surface area contributed by atoms with Gasteiger partial charge in [-0.15, -0.1) is 0 Å². The van der Waals surface area contributed by atoms with Gasteiger partial charge in [-0.25, -0.2) is 4.98 Å². The predicted octanol–water partition coefficient (Wildman–Crippen LogP) is 3.86. The van der Waals surface area contributed by atoms with Crippen molar-refractivity contribution in [2.24, 2.45) is 11.3 Å². The number of fused-ring (bicyclic) bond motifs is 1. The number of hydrogen-bond donors (Lipinski definition) is 0. The highest BCUT2D eigenvalue weighted by molar-refractivity contribution is 5.86. The summed E-state index contributed by atoms with van der Waals surface area (Å²) >= 11 is 0. The van der Waals surface area contributed by atoms with E-state index in [1.807, 2.05) is 12.1 Å². The van der Waals surface area contributed by atoms with Gasteiger partial charge in [0.05, 0.1) is 7.11 Å². The summed E-state index contributed by atoms with van der Waals surface area (Å²) in [6, 6.07) is 10.3. The van der Waals surface area contributed by atoms with E-state index in [9.17, 15) is 4.79 Å². The Morgan fingerprint density at radius 3 is 2.89 bits per heavy atom. The molecule has 5 nitrogen and oxygen atoms in total. The molecule has 3 heterocycles. The van der Waals surface area contributed by atoms with Gasteiger partial charge in [-0.05, 0) is 56.2 Å². The number of carbonyl (C=O) groups is 1. The maximum atomic E-state index is 12.4. The van der Waals surface area contributed by atoms with Gasteiger partial charge in [0, 0.05) is 43.4 Å². The molecule has 1 spiro atoms. The summed E-state index contributed by atoms with van der Waals surface area (Å²) in [7, 11) is 1.70. The van der Waals surface area contributed by atoms with Gasteiger partial charge in [0.25, 0.3) is 0 Å². The Balaban J connectivity index is 1.39. The van der Waals surface area contributed by atoms with Gasteiger partial charge in [0.15, 0.2) is 0 Å². The molecule has 148 valence electrons. The van der Waals surface area contributed by atoms with E-state index in [0.29, 0.717) is 12.3 Å². The van der Waals surface area contributed by atoms with Crippen LogP contribution < -0.4 is 9.64 Å². The third-order valence-electron chi connectivity index (χ3n) is 6.80. The highest BCUT2D eigenvalue weighted by Crippen LogP contribution is 2.41. The number of piperidine rings is 2. The smallest absolute Gasteiger partial charge is 0.222 e. The van der Waals surface area contributed by atoms with Gasteiger partial charge >= 0.3 is 0 Å². The number of hydrogen-bond acceptors (Lipinski definition) is 4. The van der Waals surface area contributed by atoms with Crippen LogP contribution >= 0.6 is 0 Å².